The van der Waals surface area contributed by atoms with Gasteiger partial charge in [0.15, 0.2) is 0 Å². The third-order valence-electron chi connectivity index (χ3n) is 2.23. The molecule has 1 atom stereocenters. The summed E-state index contributed by atoms with van der Waals surface area (Å²) in [5.41, 5.74) is 0. The predicted octanol–water partition coefficient (Wildman–Crippen LogP) is 1.38. The molecule has 0 saturated carbocycles. The fraction of sp³-hybridized carbons (Fsp3) is 0.875. The molecule has 0 bridgehead atoms. The minimum Gasteiger partial charge on any atom is -0.300 e. The summed E-state index contributed by atoms with van der Waals surface area (Å²) in [5, 5.41) is 8.46. The molecule has 10 heavy (non-hydrogen) atoms. The van der Waals surface area contributed by atoms with Crippen molar-refractivity contribution in [3.8, 4) is 6.07 Å². The van der Waals surface area contributed by atoms with E-state index in [9.17, 15) is 0 Å². The van der Waals surface area contributed by atoms with Crippen LogP contribution in [-0.2, 0) is 0 Å². The molecule has 0 amide bonds. The largest absolute Gasteiger partial charge is 0.300 e. The molecule has 1 aliphatic heterocycles. The number of nitrogens with zero attached hydrogens (tertiary/aromatic N) is 2. The Morgan fingerprint density at radius 1 is 1.70 bits per heavy atom. The maximum atomic E-state index is 8.46. The van der Waals surface area contributed by atoms with Gasteiger partial charge in [-0.1, -0.05) is 6.92 Å². The van der Waals surface area contributed by atoms with Crippen LogP contribution in [0, 0.1) is 11.3 Å². The summed E-state index contributed by atoms with van der Waals surface area (Å²) in [4.78, 5) is 2.39. The van der Waals surface area contributed by atoms with Gasteiger partial charge in [-0.15, -0.1) is 0 Å². The molecule has 2 heteroatoms. The molecule has 1 fully saturated rings. The maximum absolute atomic E-state index is 8.46. The maximum Gasteiger partial charge on any atom is 0.0638 e. The molecule has 1 aliphatic rings. The number of likely N-dealkylation sites (tertiary alicyclic amines) is 1. The van der Waals surface area contributed by atoms with Crippen LogP contribution in [0.3, 0.4) is 0 Å². The Morgan fingerprint density at radius 2 is 2.50 bits per heavy atom. The molecule has 0 radical (unpaired) electrons. The second-order valence-corrected chi connectivity index (χ2v) is 2.79. The Bertz CT molecular complexity index is 137. The van der Waals surface area contributed by atoms with Crippen molar-refractivity contribution in [2.45, 2.75) is 32.2 Å². The second kappa shape index (κ2) is 3.58. The predicted molar refractivity (Wildman–Crippen MR) is 40.5 cm³/mol. The van der Waals surface area contributed by atoms with Gasteiger partial charge in [-0.3, -0.25) is 4.90 Å². The standard InChI is InChI=1S/C8H14N2/c1-2-10-7-3-4-8(10)5-6-9/h8H,2-5,7H2,1H3/t8-/m0/s1. The van der Waals surface area contributed by atoms with Crippen molar-refractivity contribution in [1.29, 1.82) is 5.26 Å². The molecule has 2 nitrogen and oxygen atoms in total. The van der Waals surface area contributed by atoms with Gasteiger partial charge in [-0.2, -0.15) is 5.26 Å². The first-order chi connectivity index (χ1) is 4.88. The zero-order valence-electron chi connectivity index (χ0n) is 6.51. The van der Waals surface area contributed by atoms with Crippen LogP contribution in [0.25, 0.3) is 0 Å². The van der Waals surface area contributed by atoms with Crippen LogP contribution >= 0.6 is 0 Å². The van der Waals surface area contributed by atoms with Crippen molar-refractivity contribution in [2.24, 2.45) is 0 Å². The van der Waals surface area contributed by atoms with Crippen LogP contribution in [0.5, 0.6) is 0 Å². The van der Waals surface area contributed by atoms with E-state index < -0.39 is 0 Å². The second-order valence-electron chi connectivity index (χ2n) is 2.79. The lowest BCUT2D eigenvalue weighted by molar-refractivity contribution is 0.270. The van der Waals surface area contributed by atoms with Crippen LogP contribution in [0.15, 0.2) is 0 Å². The molecule has 0 N–H and O–H groups in total. The third kappa shape index (κ3) is 1.48. The summed E-state index contributed by atoms with van der Waals surface area (Å²) >= 11 is 0. The topological polar surface area (TPSA) is 27.0 Å². The molecule has 56 valence electrons. The van der Waals surface area contributed by atoms with Gasteiger partial charge in [0.1, 0.15) is 0 Å². The minimum atomic E-state index is 0.565. The summed E-state index contributed by atoms with van der Waals surface area (Å²) in [6, 6.07) is 2.80. The van der Waals surface area contributed by atoms with Gasteiger partial charge in [-0.05, 0) is 25.9 Å². The third-order valence-corrected chi connectivity index (χ3v) is 2.23. The lowest BCUT2D eigenvalue weighted by Gasteiger charge is -2.19. The molecule has 0 aliphatic carbocycles. The Morgan fingerprint density at radius 3 is 3.10 bits per heavy atom. The minimum absolute atomic E-state index is 0.565. The molecule has 0 aromatic heterocycles. The molecule has 1 rings (SSSR count). The molecule has 0 aromatic carbocycles. The highest BCUT2D eigenvalue weighted by Gasteiger charge is 2.21. The highest BCUT2D eigenvalue weighted by Crippen LogP contribution is 2.18. The number of rotatable bonds is 2. The van der Waals surface area contributed by atoms with Crippen molar-refractivity contribution >= 4 is 0 Å². The van der Waals surface area contributed by atoms with Crippen molar-refractivity contribution in [1.82, 2.24) is 4.90 Å². The van der Waals surface area contributed by atoms with E-state index in [2.05, 4.69) is 17.9 Å². The Kier molecular flexibility index (Phi) is 2.70. The van der Waals surface area contributed by atoms with Gasteiger partial charge >= 0.3 is 0 Å². The molecule has 0 spiro atoms. The van der Waals surface area contributed by atoms with E-state index in [0.717, 1.165) is 6.54 Å². The van der Waals surface area contributed by atoms with Gasteiger partial charge in [0.05, 0.1) is 12.5 Å². The Labute approximate surface area is 62.4 Å². The molecule has 0 unspecified atom stereocenters. The van der Waals surface area contributed by atoms with E-state index in [0.29, 0.717) is 12.5 Å². The van der Waals surface area contributed by atoms with E-state index in [1.165, 1.54) is 19.4 Å². The van der Waals surface area contributed by atoms with Crippen molar-refractivity contribution in [3.05, 3.63) is 0 Å². The highest BCUT2D eigenvalue weighted by atomic mass is 15.2. The van der Waals surface area contributed by atoms with Crippen molar-refractivity contribution < 1.29 is 0 Å². The zero-order chi connectivity index (χ0) is 7.40. The van der Waals surface area contributed by atoms with Crippen molar-refractivity contribution in [2.75, 3.05) is 13.1 Å². The SMILES string of the molecule is CCN1CCC[C@H]1CC#N. The summed E-state index contributed by atoms with van der Waals surface area (Å²) in [5.74, 6) is 0. The van der Waals surface area contributed by atoms with Crippen molar-refractivity contribution in [3.63, 3.8) is 0 Å². The van der Waals surface area contributed by atoms with Crippen LogP contribution in [0.1, 0.15) is 26.2 Å². The fourth-order valence-corrected chi connectivity index (χ4v) is 1.65. The summed E-state index contributed by atoms with van der Waals surface area (Å²) in [7, 11) is 0. The van der Waals surface area contributed by atoms with Crippen LogP contribution < -0.4 is 0 Å². The molecule has 1 saturated heterocycles. The van der Waals surface area contributed by atoms with Crippen LogP contribution in [0.2, 0.25) is 0 Å². The lowest BCUT2D eigenvalue weighted by atomic mass is 10.2. The smallest absolute Gasteiger partial charge is 0.0638 e. The molecular weight excluding hydrogens is 124 g/mol. The fourth-order valence-electron chi connectivity index (χ4n) is 1.65. The van der Waals surface area contributed by atoms with E-state index >= 15 is 0 Å². The Balaban J connectivity index is 2.36. The van der Waals surface area contributed by atoms with Gasteiger partial charge in [0.2, 0.25) is 0 Å². The average Bonchev–Trinajstić information content (AvgIpc) is 2.36. The first-order valence-corrected chi connectivity index (χ1v) is 3.99. The van der Waals surface area contributed by atoms with E-state index in [-0.39, 0.29) is 0 Å². The van der Waals surface area contributed by atoms with E-state index in [1.807, 2.05) is 0 Å². The zero-order valence-corrected chi connectivity index (χ0v) is 6.51. The van der Waals surface area contributed by atoms with Gasteiger partial charge < -0.3 is 0 Å². The van der Waals surface area contributed by atoms with Gasteiger partial charge in [0, 0.05) is 6.04 Å². The van der Waals surface area contributed by atoms with Crippen LogP contribution in [0.4, 0.5) is 0 Å². The summed E-state index contributed by atoms with van der Waals surface area (Å²) < 4.78 is 0. The lowest BCUT2D eigenvalue weighted by Crippen LogP contribution is -2.28. The number of hydrogen-bond donors (Lipinski definition) is 0. The first kappa shape index (κ1) is 7.56. The Hall–Kier alpha value is -0.550. The van der Waals surface area contributed by atoms with Crippen LogP contribution in [-0.4, -0.2) is 24.0 Å². The average molecular weight is 138 g/mol. The number of nitriles is 1. The summed E-state index contributed by atoms with van der Waals surface area (Å²) in [6.07, 6.45) is 3.22. The molecule has 0 aromatic rings. The highest BCUT2D eigenvalue weighted by molar-refractivity contribution is 4.86. The van der Waals surface area contributed by atoms with E-state index in [1.54, 1.807) is 0 Å². The first-order valence-electron chi connectivity index (χ1n) is 3.99. The summed E-state index contributed by atoms with van der Waals surface area (Å²) in [6.45, 7) is 4.46. The normalized spacial score (nSPS) is 26.6. The molecular formula is C8H14N2. The van der Waals surface area contributed by atoms with Gasteiger partial charge in [0.25, 0.3) is 0 Å². The van der Waals surface area contributed by atoms with E-state index in [4.69, 9.17) is 5.26 Å². The van der Waals surface area contributed by atoms with Gasteiger partial charge in [-0.25, -0.2) is 0 Å². The molecule has 1 heterocycles. The quantitative estimate of drug-likeness (QED) is 0.576. The monoisotopic (exact) mass is 138 g/mol. The number of hydrogen-bond acceptors (Lipinski definition) is 2.